The first kappa shape index (κ1) is 24.9. The van der Waals surface area contributed by atoms with Crippen molar-refractivity contribution in [3.05, 3.63) is 51.0 Å². The second kappa shape index (κ2) is 10.5. The van der Waals surface area contributed by atoms with E-state index in [9.17, 15) is 13.2 Å². The number of sulfonamides is 1. The molecule has 0 saturated carbocycles. The molecule has 11 heteroatoms. The van der Waals surface area contributed by atoms with Gasteiger partial charge in [0.05, 0.1) is 40.7 Å². The molecule has 0 bridgehead atoms. The molecule has 2 aromatic carbocycles. The standard InChI is InChI=1S/C21H23Cl3N2O5S/c1-30-19-11-18(20(31-2)10-17(19)24)25-21(27)14-5-7-26(8-6-14)32(28,29)12-13-3-4-15(22)16(23)9-13/h3-4,9-11,14H,5-8,12H2,1-2H3,(H,25,27). The van der Waals surface area contributed by atoms with E-state index in [1.54, 1.807) is 30.3 Å². The van der Waals surface area contributed by atoms with Crippen LogP contribution in [0.5, 0.6) is 11.5 Å². The SMILES string of the molecule is COc1cc(NC(=O)C2CCN(S(=O)(=O)Cc3ccc(Cl)c(Cl)c3)CC2)c(OC)cc1Cl. The van der Waals surface area contributed by atoms with Crippen LogP contribution in [0.25, 0.3) is 0 Å². The fourth-order valence-electron chi connectivity index (χ4n) is 3.52. The number of hydrogen-bond acceptors (Lipinski definition) is 5. The summed E-state index contributed by atoms with van der Waals surface area (Å²) in [6.07, 6.45) is 0.805. The topological polar surface area (TPSA) is 84.9 Å². The molecule has 7 nitrogen and oxygen atoms in total. The van der Waals surface area contributed by atoms with Crippen LogP contribution in [0.2, 0.25) is 15.1 Å². The molecular formula is C21H23Cl3N2O5S. The number of anilines is 1. The fraction of sp³-hybridized carbons (Fsp3) is 0.381. The van der Waals surface area contributed by atoms with Gasteiger partial charge in [0.2, 0.25) is 15.9 Å². The van der Waals surface area contributed by atoms with E-state index >= 15 is 0 Å². The first-order valence-corrected chi connectivity index (χ1v) is 12.5. The Morgan fingerprint density at radius 3 is 2.25 bits per heavy atom. The summed E-state index contributed by atoms with van der Waals surface area (Å²) in [7, 11) is -0.593. The number of carbonyl (C=O) groups excluding carboxylic acids is 1. The van der Waals surface area contributed by atoms with Gasteiger partial charge >= 0.3 is 0 Å². The first-order valence-electron chi connectivity index (χ1n) is 9.78. The summed E-state index contributed by atoms with van der Waals surface area (Å²) in [5, 5.41) is 3.88. The molecule has 32 heavy (non-hydrogen) atoms. The Labute approximate surface area is 202 Å². The summed E-state index contributed by atoms with van der Waals surface area (Å²) in [5.74, 6) is 0.0893. The zero-order valence-corrected chi connectivity index (χ0v) is 20.6. The Bertz CT molecular complexity index is 1100. The van der Waals surface area contributed by atoms with Gasteiger partial charge in [-0.15, -0.1) is 0 Å². The highest BCUT2D eigenvalue weighted by Gasteiger charge is 2.31. The molecule has 1 heterocycles. The summed E-state index contributed by atoms with van der Waals surface area (Å²) >= 11 is 18.0. The van der Waals surface area contributed by atoms with Crippen LogP contribution >= 0.6 is 34.8 Å². The molecule has 1 saturated heterocycles. The van der Waals surface area contributed by atoms with Crippen LogP contribution in [0.3, 0.4) is 0 Å². The fourth-order valence-corrected chi connectivity index (χ4v) is 5.62. The van der Waals surface area contributed by atoms with Crippen LogP contribution < -0.4 is 14.8 Å². The van der Waals surface area contributed by atoms with Gasteiger partial charge in [-0.1, -0.05) is 40.9 Å². The lowest BCUT2D eigenvalue weighted by molar-refractivity contribution is -0.120. The first-order chi connectivity index (χ1) is 15.1. The van der Waals surface area contributed by atoms with Crippen molar-refractivity contribution in [2.75, 3.05) is 32.6 Å². The molecule has 0 atom stereocenters. The van der Waals surface area contributed by atoms with Crippen LogP contribution in [0.4, 0.5) is 5.69 Å². The van der Waals surface area contributed by atoms with Crippen molar-refractivity contribution in [3.63, 3.8) is 0 Å². The van der Waals surface area contributed by atoms with Gasteiger partial charge in [0, 0.05) is 31.1 Å². The molecule has 0 aromatic heterocycles. The summed E-state index contributed by atoms with van der Waals surface area (Å²) in [6, 6.07) is 7.92. The maximum atomic E-state index is 12.8. The number of ether oxygens (including phenoxy) is 2. The summed E-state index contributed by atoms with van der Waals surface area (Å²) in [6.45, 7) is 0.506. The molecule has 0 aliphatic carbocycles. The molecule has 0 unspecified atom stereocenters. The Morgan fingerprint density at radius 1 is 1.00 bits per heavy atom. The molecule has 2 aromatic rings. The molecule has 1 amide bonds. The van der Waals surface area contributed by atoms with E-state index < -0.39 is 10.0 Å². The van der Waals surface area contributed by atoms with Gasteiger partial charge < -0.3 is 14.8 Å². The molecular weight excluding hydrogens is 499 g/mol. The van der Waals surface area contributed by atoms with Crippen LogP contribution in [0, 0.1) is 5.92 Å². The highest BCUT2D eigenvalue weighted by Crippen LogP contribution is 2.36. The van der Waals surface area contributed by atoms with Gasteiger partial charge in [0.1, 0.15) is 11.5 Å². The molecule has 1 fully saturated rings. The molecule has 0 spiro atoms. The third kappa shape index (κ3) is 5.80. The molecule has 0 radical (unpaired) electrons. The van der Waals surface area contributed by atoms with Gasteiger partial charge in [0.15, 0.2) is 0 Å². The van der Waals surface area contributed by atoms with Gasteiger partial charge in [-0.3, -0.25) is 4.79 Å². The molecule has 1 aliphatic rings. The van der Waals surface area contributed by atoms with E-state index in [0.29, 0.717) is 50.7 Å². The normalized spacial score (nSPS) is 15.4. The minimum absolute atomic E-state index is 0.178. The van der Waals surface area contributed by atoms with E-state index in [1.165, 1.54) is 18.5 Å². The Balaban J connectivity index is 1.62. The third-order valence-corrected chi connectivity index (χ3v) is 8.17. The number of benzene rings is 2. The average molecular weight is 522 g/mol. The van der Waals surface area contributed by atoms with Crippen LogP contribution in [0.1, 0.15) is 18.4 Å². The van der Waals surface area contributed by atoms with E-state index in [0.717, 1.165) is 0 Å². The molecule has 1 aliphatic heterocycles. The van der Waals surface area contributed by atoms with Crippen molar-refractivity contribution in [2.24, 2.45) is 5.92 Å². The quantitative estimate of drug-likeness (QED) is 0.563. The largest absolute Gasteiger partial charge is 0.495 e. The zero-order valence-electron chi connectivity index (χ0n) is 17.5. The smallest absolute Gasteiger partial charge is 0.227 e. The lowest BCUT2D eigenvalue weighted by Gasteiger charge is -2.30. The summed E-state index contributed by atoms with van der Waals surface area (Å²) < 4.78 is 37.5. The lowest BCUT2D eigenvalue weighted by atomic mass is 9.97. The lowest BCUT2D eigenvalue weighted by Crippen LogP contribution is -2.41. The molecule has 3 rings (SSSR count). The van der Waals surface area contributed by atoms with Gasteiger partial charge in [0.25, 0.3) is 0 Å². The van der Waals surface area contributed by atoms with E-state index in [-0.39, 0.29) is 30.7 Å². The van der Waals surface area contributed by atoms with Crippen molar-refractivity contribution in [2.45, 2.75) is 18.6 Å². The summed E-state index contributed by atoms with van der Waals surface area (Å²) in [5.41, 5.74) is 0.997. The monoisotopic (exact) mass is 520 g/mol. The van der Waals surface area contributed by atoms with Crippen LogP contribution in [-0.2, 0) is 20.6 Å². The van der Waals surface area contributed by atoms with Crippen LogP contribution in [0.15, 0.2) is 30.3 Å². The number of methoxy groups -OCH3 is 2. The average Bonchev–Trinajstić information content (AvgIpc) is 2.77. The van der Waals surface area contributed by atoms with E-state index in [2.05, 4.69) is 5.32 Å². The van der Waals surface area contributed by atoms with E-state index in [4.69, 9.17) is 44.3 Å². The Morgan fingerprint density at radius 2 is 1.66 bits per heavy atom. The number of carbonyl (C=O) groups is 1. The van der Waals surface area contributed by atoms with Gasteiger partial charge in [-0.2, -0.15) is 0 Å². The van der Waals surface area contributed by atoms with Crippen molar-refractivity contribution in [1.82, 2.24) is 4.31 Å². The number of nitrogens with zero attached hydrogens (tertiary/aromatic N) is 1. The maximum absolute atomic E-state index is 12.8. The maximum Gasteiger partial charge on any atom is 0.227 e. The number of halogens is 3. The Kier molecular flexibility index (Phi) is 8.16. The van der Waals surface area contributed by atoms with E-state index in [1.807, 2.05) is 0 Å². The van der Waals surface area contributed by atoms with Crippen molar-refractivity contribution < 1.29 is 22.7 Å². The number of nitrogens with one attached hydrogen (secondary N) is 1. The predicted octanol–water partition coefficient (Wildman–Crippen LogP) is 4.84. The van der Waals surface area contributed by atoms with Crippen molar-refractivity contribution >= 4 is 56.4 Å². The van der Waals surface area contributed by atoms with Crippen LogP contribution in [-0.4, -0.2) is 45.9 Å². The second-order valence-corrected chi connectivity index (χ2v) is 10.5. The number of piperidine rings is 1. The Hall–Kier alpha value is -1.71. The highest BCUT2D eigenvalue weighted by atomic mass is 35.5. The minimum atomic E-state index is -3.55. The third-order valence-electron chi connectivity index (χ3n) is 5.28. The molecule has 174 valence electrons. The van der Waals surface area contributed by atoms with Crippen molar-refractivity contribution in [1.29, 1.82) is 0 Å². The number of hydrogen-bond donors (Lipinski definition) is 1. The zero-order chi connectivity index (χ0) is 23.5. The number of rotatable bonds is 7. The van der Waals surface area contributed by atoms with Gasteiger partial charge in [-0.05, 0) is 30.5 Å². The van der Waals surface area contributed by atoms with Gasteiger partial charge in [-0.25, -0.2) is 12.7 Å². The van der Waals surface area contributed by atoms with Crippen molar-refractivity contribution in [3.8, 4) is 11.5 Å². The summed E-state index contributed by atoms with van der Waals surface area (Å²) in [4.78, 5) is 12.8. The second-order valence-electron chi connectivity index (χ2n) is 7.35. The molecule has 1 N–H and O–H groups in total. The minimum Gasteiger partial charge on any atom is -0.495 e. The highest BCUT2D eigenvalue weighted by molar-refractivity contribution is 7.88. The number of amides is 1. The predicted molar refractivity (Wildman–Crippen MR) is 127 cm³/mol.